The summed E-state index contributed by atoms with van der Waals surface area (Å²) in [6.45, 7) is 11.2. The van der Waals surface area contributed by atoms with Gasteiger partial charge in [0.25, 0.3) is 0 Å². The third-order valence-electron chi connectivity index (χ3n) is 4.87. The molecule has 2 fully saturated rings. The summed E-state index contributed by atoms with van der Waals surface area (Å²) in [4.78, 5) is 27.6. The van der Waals surface area contributed by atoms with Gasteiger partial charge in [0.05, 0.1) is 6.04 Å². The van der Waals surface area contributed by atoms with E-state index in [1.165, 1.54) is 10.9 Å². The summed E-state index contributed by atoms with van der Waals surface area (Å²) in [5, 5.41) is 15.3. The summed E-state index contributed by atoms with van der Waals surface area (Å²) in [6, 6.07) is -0.0607. The van der Waals surface area contributed by atoms with E-state index in [1.54, 1.807) is 4.90 Å². The number of amides is 2. The Bertz CT molecular complexity index is 688. The molecular formula is C18H28N6O2. The Kier molecular flexibility index (Phi) is 5.11. The highest BCUT2D eigenvalue weighted by atomic mass is 16.2. The largest absolute Gasteiger partial charge is 0.348 e. The van der Waals surface area contributed by atoms with Gasteiger partial charge in [-0.15, -0.1) is 10.2 Å². The maximum Gasteiger partial charge on any atom is 0.246 e. The van der Waals surface area contributed by atoms with Crippen LogP contribution in [0.5, 0.6) is 0 Å². The summed E-state index contributed by atoms with van der Waals surface area (Å²) in [5.74, 6) is 1.13. The molecule has 1 aromatic heterocycles. The van der Waals surface area contributed by atoms with Crippen molar-refractivity contribution in [2.75, 3.05) is 13.1 Å². The van der Waals surface area contributed by atoms with Gasteiger partial charge >= 0.3 is 0 Å². The van der Waals surface area contributed by atoms with Crippen molar-refractivity contribution in [2.45, 2.75) is 58.5 Å². The predicted octanol–water partition coefficient (Wildman–Crippen LogP) is 1.12. The van der Waals surface area contributed by atoms with E-state index >= 15 is 0 Å². The van der Waals surface area contributed by atoms with Gasteiger partial charge in [-0.2, -0.15) is 4.80 Å². The van der Waals surface area contributed by atoms with Crippen LogP contribution in [0.2, 0.25) is 0 Å². The number of nitrogens with zero attached hydrogens (tertiary/aromatic N) is 5. The molecule has 1 saturated carbocycles. The number of aromatic nitrogens is 4. The number of hydrogen-bond acceptors (Lipinski definition) is 5. The molecule has 1 N–H and O–H groups in total. The van der Waals surface area contributed by atoms with E-state index in [2.05, 4.69) is 48.1 Å². The predicted molar refractivity (Wildman–Crippen MR) is 96.1 cm³/mol. The standard InChI is InChI=1S/C18H28N6O2/c1-5-15(25)19-14-10-23(9-13(14)8-18(2,3)4)16(26)11-24-21-17(20-22-24)12-6-7-12/h5,12-14H,1,6-11H2,2-4H3,(H,19,25)/t13-,14-/m1/s1. The van der Waals surface area contributed by atoms with Crippen LogP contribution in [0.1, 0.15) is 51.8 Å². The first-order valence-electron chi connectivity index (χ1n) is 9.23. The number of hydrogen-bond donors (Lipinski definition) is 1. The van der Waals surface area contributed by atoms with Gasteiger partial charge in [0, 0.05) is 19.0 Å². The highest BCUT2D eigenvalue weighted by Gasteiger charge is 2.38. The molecule has 0 radical (unpaired) electrons. The highest BCUT2D eigenvalue weighted by molar-refractivity contribution is 5.87. The van der Waals surface area contributed by atoms with Gasteiger partial charge in [-0.1, -0.05) is 27.4 Å². The molecule has 8 heteroatoms. The fraction of sp³-hybridized carbons (Fsp3) is 0.722. The van der Waals surface area contributed by atoms with Crippen LogP contribution in [-0.2, 0) is 16.1 Å². The Balaban J connectivity index is 1.63. The molecular weight excluding hydrogens is 332 g/mol. The van der Waals surface area contributed by atoms with Crippen LogP contribution in [0.15, 0.2) is 12.7 Å². The van der Waals surface area contributed by atoms with Crippen molar-refractivity contribution in [2.24, 2.45) is 11.3 Å². The number of carbonyl (C=O) groups excluding carboxylic acids is 2. The molecule has 1 aliphatic heterocycles. The zero-order chi connectivity index (χ0) is 18.9. The van der Waals surface area contributed by atoms with Crippen LogP contribution in [0, 0.1) is 11.3 Å². The van der Waals surface area contributed by atoms with Gasteiger partial charge in [0.1, 0.15) is 6.54 Å². The number of carbonyl (C=O) groups is 2. The van der Waals surface area contributed by atoms with Crippen molar-refractivity contribution >= 4 is 11.8 Å². The molecule has 1 aromatic rings. The molecule has 0 aromatic carbocycles. The maximum absolute atomic E-state index is 12.7. The summed E-state index contributed by atoms with van der Waals surface area (Å²) < 4.78 is 0. The average Bonchev–Trinajstić information content (AvgIpc) is 3.19. The molecule has 8 nitrogen and oxygen atoms in total. The van der Waals surface area contributed by atoms with E-state index in [0.29, 0.717) is 19.0 Å². The second kappa shape index (κ2) is 7.17. The quantitative estimate of drug-likeness (QED) is 0.767. The molecule has 2 heterocycles. The minimum atomic E-state index is -0.199. The minimum absolute atomic E-state index is 0.0426. The summed E-state index contributed by atoms with van der Waals surface area (Å²) >= 11 is 0. The van der Waals surface area contributed by atoms with Crippen LogP contribution < -0.4 is 5.32 Å². The Morgan fingerprint density at radius 1 is 1.31 bits per heavy atom. The normalized spacial score (nSPS) is 23.1. The zero-order valence-electron chi connectivity index (χ0n) is 15.8. The molecule has 0 spiro atoms. The van der Waals surface area contributed by atoms with Crippen LogP contribution in [0.3, 0.4) is 0 Å². The van der Waals surface area contributed by atoms with Crippen molar-refractivity contribution in [3.63, 3.8) is 0 Å². The molecule has 0 bridgehead atoms. The fourth-order valence-electron chi connectivity index (χ4n) is 3.52. The Morgan fingerprint density at radius 3 is 2.65 bits per heavy atom. The van der Waals surface area contributed by atoms with Crippen molar-refractivity contribution in [3.05, 3.63) is 18.5 Å². The fourth-order valence-corrected chi connectivity index (χ4v) is 3.52. The van der Waals surface area contributed by atoms with E-state index in [9.17, 15) is 9.59 Å². The minimum Gasteiger partial charge on any atom is -0.348 e. The van der Waals surface area contributed by atoms with Gasteiger partial charge in [-0.05, 0) is 41.9 Å². The number of likely N-dealkylation sites (tertiary alicyclic amines) is 1. The third kappa shape index (κ3) is 4.68. The summed E-state index contributed by atoms with van der Waals surface area (Å²) in [6.07, 6.45) is 4.40. The van der Waals surface area contributed by atoms with E-state index < -0.39 is 0 Å². The van der Waals surface area contributed by atoms with E-state index in [-0.39, 0.29) is 35.7 Å². The third-order valence-corrected chi connectivity index (χ3v) is 4.87. The highest BCUT2D eigenvalue weighted by Crippen LogP contribution is 2.37. The van der Waals surface area contributed by atoms with E-state index in [4.69, 9.17) is 0 Å². The lowest BCUT2D eigenvalue weighted by Crippen LogP contribution is -2.41. The van der Waals surface area contributed by atoms with Crippen LogP contribution in [0.4, 0.5) is 0 Å². The van der Waals surface area contributed by atoms with Crippen molar-refractivity contribution in [1.82, 2.24) is 30.4 Å². The van der Waals surface area contributed by atoms with Gasteiger partial charge in [0.2, 0.25) is 11.8 Å². The van der Waals surface area contributed by atoms with Crippen molar-refractivity contribution in [3.8, 4) is 0 Å². The first-order valence-corrected chi connectivity index (χ1v) is 9.23. The van der Waals surface area contributed by atoms with Gasteiger partial charge in [-0.25, -0.2) is 0 Å². The SMILES string of the molecule is C=CC(=O)N[C@@H]1CN(C(=O)Cn2nnc(C3CC3)n2)C[C@H]1CC(C)(C)C. The maximum atomic E-state index is 12.7. The van der Waals surface area contributed by atoms with Gasteiger partial charge in [0.15, 0.2) is 5.82 Å². The lowest BCUT2D eigenvalue weighted by atomic mass is 9.82. The Hall–Kier alpha value is -2.25. The molecule has 3 rings (SSSR count). The zero-order valence-corrected chi connectivity index (χ0v) is 15.8. The molecule has 2 amide bonds. The molecule has 1 aliphatic carbocycles. The molecule has 2 atom stereocenters. The first-order chi connectivity index (χ1) is 12.2. The van der Waals surface area contributed by atoms with E-state index in [0.717, 1.165) is 25.1 Å². The summed E-state index contributed by atoms with van der Waals surface area (Å²) in [5.41, 5.74) is 0.119. The molecule has 142 valence electrons. The van der Waals surface area contributed by atoms with Crippen molar-refractivity contribution in [1.29, 1.82) is 0 Å². The Morgan fingerprint density at radius 2 is 2.04 bits per heavy atom. The lowest BCUT2D eigenvalue weighted by Gasteiger charge is -2.26. The lowest BCUT2D eigenvalue weighted by molar-refractivity contribution is -0.131. The monoisotopic (exact) mass is 360 g/mol. The van der Waals surface area contributed by atoms with Crippen LogP contribution in [-0.4, -0.2) is 56.1 Å². The molecule has 0 unspecified atom stereocenters. The number of tetrazole rings is 1. The molecule has 1 saturated heterocycles. The smallest absolute Gasteiger partial charge is 0.246 e. The Labute approximate surface area is 154 Å². The number of rotatable bonds is 6. The topological polar surface area (TPSA) is 93.0 Å². The van der Waals surface area contributed by atoms with Crippen LogP contribution >= 0.6 is 0 Å². The molecule has 26 heavy (non-hydrogen) atoms. The van der Waals surface area contributed by atoms with Crippen molar-refractivity contribution < 1.29 is 9.59 Å². The second-order valence-corrected chi connectivity index (χ2v) is 8.60. The van der Waals surface area contributed by atoms with E-state index in [1.807, 2.05) is 0 Å². The van der Waals surface area contributed by atoms with Gasteiger partial charge < -0.3 is 10.2 Å². The first kappa shape index (κ1) is 18.5. The van der Waals surface area contributed by atoms with Crippen LogP contribution in [0.25, 0.3) is 0 Å². The summed E-state index contributed by atoms with van der Waals surface area (Å²) in [7, 11) is 0. The average molecular weight is 360 g/mol. The number of nitrogens with one attached hydrogen (secondary N) is 1. The molecule has 2 aliphatic rings. The second-order valence-electron chi connectivity index (χ2n) is 8.60. The van der Waals surface area contributed by atoms with Gasteiger partial charge in [-0.3, -0.25) is 9.59 Å².